The zero-order chi connectivity index (χ0) is 17.1. The van der Waals surface area contributed by atoms with E-state index in [-0.39, 0.29) is 11.9 Å². The summed E-state index contributed by atoms with van der Waals surface area (Å²) in [7, 11) is 0. The summed E-state index contributed by atoms with van der Waals surface area (Å²) in [5.74, 6) is -0.130. The maximum Gasteiger partial charge on any atom is 0.270 e. The largest absolute Gasteiger partial charge is 0.344 e. The smallest absolute Gasteiger partial charge is 0.270 e. The van der Waals surface area contributed by atoms with Gasteiger partial charge in [-0.1, -0.05) is 36.4 Å². The van der Waals surface area contributed by atoms with Crippen LogP contribution in [-0.4, -0.2) is 20.7 Å². The average Bonchev–Trinajstić information content (AvgIpc) is 3.07. The average molecular weight is 332 g/mol. The maximum absolute atomic E-state index is 12.4. The molecule has 0 spiro atoms. The highest BCUT2D eigenvalue weighted by molar-refractivity contribution is 5.92. The van der Waals surface area contributed by atoms with Gasteiger partial charge in [0.25, 0.3) is 5.91 Å². The number of nitrogens with zero attached hydrogens (tertiary/aromatic N) is 3. The van der Waals surface area contributed by atoms with Gasteiger partial charge < -0.3 is 5.32 Å². The zero-order valence-electron chi connectivity index (χ0n) is 13.9. The Hall–Kier alpha value is -2.95. The number of aromatic nitrogens is 3. The van der Waals surface area contributed by atoms with Gasteiger partial charge in [-0.2, -0.15) is 5.10 Å². The number of amides is 1. The number of nitrogens with one attached hydrogen (secondary N) is 1. The molecule has 4 rings (SSSR count). The van der Waals surface area contributed by atoms with Crippen molar-refractivity contribution in [3.05, 3.63) is 83.4 Å². The number of hydrogen-bond donors (Lipinski definition) is 1. The third kappa shape index (κ3) is 3.31. The molecule has 1 N–H and O–H groups in total. The minimum atomic E-state index is -0.130. The first-order valence-corrected chi connectivity index (χ1v) is 8.61. The van der Waals surface area contributed by atoms with Crippen molar-refractivity contribution in [3.8, 4) is 0 Å². The van der Waals surface area contributed by atoms with Gasteiger partial charge in [-0.3, -0.25) is 14.5 Å². The van der Waals surface area contributed by atoms with Gasteiger partial charge >= 0.3 is 0 Å². The fourth-order valence-electron chi connectivity index (χ4n) is 3.39. The Morgan fingerprint density at radius 2 is 2.00 bits per heavy atom. The summed E-state index contributed by atoms with van der Waals surface area (Å²) in [6, 6.07) is 15.7. The molecule has 2 aromatic heterocycles. The monoisotopic (exact) mass is 332 g/mol. The standard InChI is InChI=1S/C20H20N4O/c25-20(18-9-4-5-12-21-18)23-17-10-6-11-19-16(17)13-22-24(19)14-15-7-2-1-3-8-15/h1-5,7-9,12-13,17H,6,10-11,14H2,(H,23,25). The molecule has 0 saturated carbocycles. The molecule has 0 saturated heterocycles. The molecule has 0 bridgehead atoms. The summed E-state index contributed by atoms with van der Waals surface area (Å²) in [5.41, 5.74) is 4.03. The SMILES string of the molecule is O=C(NC1CCCc2c1cnn2Cc1ccccc1)c1ccccn1. The maximum atomic E-state index is 12.4. The van der Waals surface area contributed by atoms with E-state index in [0.717, 1.165) is 31.4 Å². The van der Waals surface area contributed by atoms with Gasteiger partial charge in [-0.25, -0.2) is 0 Å². The molecule has 1 amide bonds. The molecular weight excluding hydrogens is 312 g/mol. The number of hydrogen-bond acceptors (Lipinski definition) is 3. The van der Waals surface area contributed by atoms with E-state index in [2.05, 4.69) is 32.2 Å². The Kier molecular flexibility index (Phi) is 4.29. The summed E-state index contributed by atoms with van der Waals surface area (Å²) in [6.07, 6.45) is 6.52. The Labute approximate surface area is 146 Å². The number of fused-ring (bicyclic) bond motifs is 1. The first-order valence-electron chi connectivity index (χ1n) is 8.61. The lowest BCUT2D eigenvalue weighted by Gasteiger charge is -2.24. The van der Waals surface area contributed by atoms with Crippen molar-refractivity contribution in [2.45, 2.75) is 31.8 Å². The molecular formula is C20H20N4O. The highest BCUT2D eigenvalue weighted by Crippen LogP contribution is 2.30. The molecule has 25 heavy (non-hydrogen) atoms. The van der Waals surface area contributed by atoms with Gasteiger partial charge in [0.1, 0.15) is 5.69 Å². The van der Waals surface area contributed by atoms with Crippen molar-refractivity contribution in [2.24, 2.45) is 0 Å². The predicted molar refractivity (Wildman–Crippen MR) is 95.2 cm³/mol. The van der Waals surface area contributed by atoms with Gasteiger partial charge in [0.15, 0.2) is 0 Å². The fraction of sp³-hybridized carbons (Fsp3) is 0.250. The molecule has 126 valence electrons. The molecule has 0 aliphatic heterocycles. The van der Waals surface area contributed by atoms with E-state index in [1.54, 1.807) is 12.3 Å². The highest BCUT2D eigenvalue weighted by atomic mass is 16.1. The lowest BCUT2D eigenvalue weighted by atomic mass is 9.92. The Balaban J connectivity index is 1.54. The minimum Gasteiger partial charge on any atom is -0.344 e. The lowest BCUT2D eigenvalue weighted by molar-refractivity contribution is 0.0927. The molecule has 1 aliphatic rings. The summed E-state index contributed by atoms with van der Waals surface area (Å²) in [5, 5.41) is 7.69. The molecule has 1 aromatic carbocycles. The molecule has 2 heterocycles. The van der Waals surface area contributed by atoms with E-state index in [1.165, 1.54) is 11.3 Å². The van der Waals surface area contributed by atoms with Crippen LogP contribution in [0.3, 0.4) is 0 Å². The number of benzene rings is 1. The Morgan fingerprint density at radius 3 is 2.80 bits per heavy atom. The Bertz CT molecular complexity index is 858. The quantitative estimate of drug-likeness (QED) is 0.798. The van der Waals surface area contributed by atoms with Gasteiger partial charge in [-0.05, 0) is 37.0 Å². The Morgan fingerprint density at radius 1 is 1.16 bits per heavy atom. The van der Waals surface area contributed by atoms with Crippen LogP contribution >= 0.6 is 0 Å². The molecule has 3 aromatic rings. The normalized spacial score (nSPS) is 16.2. The molecule has 0 fully saturated rings. The topological polar surface area (TPSA) is 59.8 Å². The van der Waals surface area contributed by atoms with Crippen LogP contribution in [0.25, 0.3) is 0 Å². The molecule has 5 heteroatoms. The molecule has 1 aliphatic carbocycles. The van der Waals surface area contributed by atoms with Crippen molar-refractivity contribution in [2.75, 3.05) is 0 Å². The van der Waals surface area contributed by atoms with Gasteiger partial charge in [0.05, 0.1) is 18.8 Å². The van der Waals surface area contributed by atoms with Gasteiger partial charge in [-0.15, -0.1) is 0 Å². The van der Waals surface area contributed by atoms with Crippen LogP contribution in [0, 0.1) is 0 Å². The lowest BCUT2D eigenvalue weighted by Crippen LogP contribution is -2.31. The van der Waals surface area contributed by atoms with E-state index < -0.39 is 0 Å². The van der Waals surface area contributed by atoms with Crippen LogP contribution in [0.15, 0.2) is 60.9 Å². The van der Waals surface area contributed by atoms with E-state index >= 15 is 0 Å². The zero-order valence-corrected chi connectivity index (χ0v) is 13.9. The number of carbonyl (C=O) groups is 1. The number of carbonyl (C=O) groups excluding carboxylic acids is 1. The number of rotatable bonds is 4. The van der Waals surface area contributed by atoms with Crippen LogP contribution in [0.5, 0.6) is 0 Å². The van der Waals surface area contributed by atoms with Crippen LogP contribution in [0.4, 0.5) is 0 Å². The second kappa shape index (κ2) is 6.89. The first-order chi connectivity index (χ1) is 12.3. The number of pyridine rings is 1. The van der Waals surface area contributed by atoms with Crippen LogP contribution in [0.1, 0.15) is 46.2 Å². The summed E-state index contributed by atoms with van der Waals surface area (Å²) < 4.78 is 2.06. The van der Waals surface area contributed by atoms with Crippen LogP contribution < -0.4 is 5.32 Å². The third-order valence-electron chi connectivity index (χ3n) is 4.64. The van der Waals surface area contributed by atoms with Crippen molar-refractivity contribution >= 4 is 5.91 Å². The fourth-order valence-corrected chi connectivity index (χ4v) is 3.39. The second-order valence-electron chi connectivity index (χ2n) is 6.32. The molecule has 1 unspecified atom stereocenters. The van der Waals surface area contributed by atoms with E-state index in [4.69, 9.17) is 0 Å². The summed E-state index contributed by atoms with van der Waals surface area (Å²) in [6.45, 7) is 0.761. The van der Waals surface area contributed by atoms with Gasteiger partial charge in [0, 0.05) is 17.5 Å². The molecule has 0 radical (unpaired) electrons. The van der Waals surface area contributed by atoms with Crippen molar-refractivity contribution in [1.82, 2.24) is 20.1 Å². The predicted octanol–water partition coefficient (Wildman–Crippen LogP) is 3.13. The highest BCUT2D eigenvalue weighted by Gasteiger charge is 2.26. The molecule has 1 atom stereocenters. The van der Waals surface area contributed by atoms with Crippen LogP contribution in [-0.2, 0) is 13.0 Å². The summed E-state index contributed by atoms with van der Waals surface area (Å²) >= 11 is 0. The first kappa shape index (κ1) is 15.6. The third-order valence-corrected chi connectivity index (χ3v) is 4.64. The van der Waals surface area contributed by atoms with Crippen LogP contribution in [0.2, 0.25) is 0 Å². The van der Waals surface area contributed by atoms with E-state index in [1.807, 2.05) is 36.5 Å². The minimum absolute atomic E-state index is 0.00257. The van der Waals surface area contributed by atoms with Crippen molar-refractivity contribution in [1.29, 1.82) is 0 Å². The second-order valence-corrected chi connectivity index (χ2v) is 6.32. The van der Waals surface area contributed by atoms with E-state index in [9.17, 15) is 4.79 Å². The van der Waals surface area contributed by atoms with Crippen molar-refractivity contribution < 1.29 is 4.79 Å². The molecule has 5 nitrogen and oxygen atoms in total. The summed E-state index contributed by atoms with van der Waals surface area (Å²) in [4.78, 5) is 16.5. The van der Waals surface area contributed by atoms with Crippen molar-refractivity contribution in [3.63, 3.8) is 0 Å². The van der Waals surface area contributed by atoms with Gasteiger partial charge in [0.2, 0.25) is 0 Å². The van der Waals surface area contributed by atoms with E-state index in [0.29, 0.717) is 5.69 Å².